The van der Waals surface area contributed by atoms with Gasteiger partial charge in [0.1, 0.15) is 0 Å². The molecule has 1 aliphatic heterocycles. The first-order valence-corrected chi connectivity index (χ1v) is 8.06. The Morgan fingerprint density at radius 1 is 1.04 bits per heavy atom. The Kier molecular flexibility index (Phi) is 3.41. The van der Waals surface area contributed by atoms with Gasteiger partial charge in [-0.1, -0.05) is 36.4 Å². The van der Waals surface area contributed by atoms with Crippen LogP contribution in [0.3, 0.4) is 0 Å². The zero-order valence-electron chi connectivity index (χ0n) is 13.7. The summed E-state index contributed by atoms with van der Waals surface area (Å²) in [5.41, 5.74) is 4.06. The van der Waals surface area contributed by atoms with E-state index in [0.29, 0.717) is 11.4 Å². The second-order valence-electron chi connectivity index (χ2n) is 6.12. The highest BCUT2D eigenvalue weighted by molar-refractivity contribution is 6.07. The fraction of sp³-hybridized carbons (Fsp3) is 0.211. The van der Waals surface area contributed by atoms with Gasteiger partial charge in [-0.2, -0.15) is 9.90 Å². The van der Waals surface area contributed by atoms with Crippen LogP contribution in [0.15, 0.2) is 54.6 Å². The quantitative estimate of drug-likeness (QED) is 0.729. The van der Waals surface area contributed by atoms with Crippen molar-refractivity contribution in [1.82, 2.24) is 15.0 Å². The molecule has 1 aliphatic rings. The van der Waals surface area contributed by atoms with Gasteiger partial charge in [-0.05, 0) is 44.0 Å². The average molecular weight is 318 g/mol. The van der Waals surface area contributed by atoms with Crippen molar-refractivity contribution in [2.24, 2.45) is 0 Å². The lowest BCUT2D eigenvalue weighted by Crippen LogP contribution is -2.36. The van der Waals surface area contributed by atoms with E-state index in [1.54, 1.807) is 0 Å². The summed E-state index contributed by atoms with van der Waals surface area (Å²) in [5.74, 6) is -0.0906. The minimum Gasteiger partial charge on any atom is -0.304 e. The Balaban J connectivity index is 1.72. The number of aryl methyl sites for hydroxylation is 1. The van der Waals surface area contributed by atoms with Crippen LogP contribution in [0.25, 0.3) is 5.69 Å². The number of para-hydroxylation sites is 2. The van der Waals surface area contributed by atoms with E-state index < -0.39 is 0 Å². The van der Waals surface area contributed by atoms with Crippen molar-refractivity contribution in [3.63, 3.8) is 0 Å². The van der Waals surface area contributed by atoms with E-state index in [4.69, 9.17) is 0 Å². The van der Waals surface area contributed by atoms with Crippen LogP contribution in [0.2, 0.25) is 0 Å². The van der Waals surface area contributed by atoms with Crippen molar-refractivity contribution < 1.29 is 4.79 Å². The molecule has 0 N–H and O–H groups in total. The van der Waals surface area contributed by atoms with Crippen LogP contribution in [0.4, 0.5) is 5.69 Å². The van der Waals surface area contributed by atoms with Crippen molar-refractivity contribution >= 4 is 11.6 Å². The van der Waals surface area contributed by atoms with Crippen LogP contribution in [0.1, 0.15) is 28.7 Å². The molecule has 0 fully saturated rings. The Morgan fingerprint density at radius 2 is 1.75 bits per heavy atom. The van der Waals surface area contributed by atoms with Crippen LogP contribution in [0.5, 0.6) is 0 Å². The number of amides is 1. The maximum Gasteiger partial charge on any atom is 0.281 e. The molecule has 24 heavy (non-hydrogen) atoms. The van der Waals surface area contributed by atoms with Crippen LogP contribution >= 0.6 is 0 Å². The molecule has 0 saturated heterocycles. The summed E-state index contributed by atoms with van der Waals surface area (Å²) >= 11 is 0. The minimum absolute atomic E-state index is 0.0906. The van der Waals surface area contributed by atoms with Gasteiger partial charge in [0.2, 0.25) is 0 Å². The average Bonchev–Trinajstić information content (AvgIpc) is 3.14. The zero-order chi connectivity index (χ0) is 16.7. The standard InChI is InChI=1S/C19H18N4O/c1-13-12-15-8-6-7-11-17(15)22(13)19(24)18-14(2)20-23(21-18)16-9-4-3-5-10-16/h3-11,13H,12H2,1-2H3. The molecule has 0 saturated carbocycles. The van der Waals surface area contributed by atoms with Crippen molar-refractivity contribution in [1.29, 1.82) is 0 Å². The molecule has 0 spiro atoms. The first kappa shape index (κ1) is 14.6. The number of carbonyl (C=O) groups is 1. The van der Waals surface area contributed by atoms with Gasteiger partial charge >= 0.3 is 0 Å². The predicted octanol–water partition coefficient (Wildman–Crippen LogP) is 3.17. The van der Waals surface area contributed by atoms with Crippen molar-refractivity contribution in [3.8, 4) is 5.69 Å². The van der Waals surface area contributed by atoms with Crippen LogP contribution in [-0.2, 0) is 6.42 Å². The monoisotopic (exact) mass is 318 g/mol. The third-order valence-electron chi connectivity index (χ3n) is 4.40. The number of carbonyl (C=O) groups excluding carboxylic acids is 1. The van der Waals surface area contributed by atoms with Gasteiger partial charge in [-0.25, -0.2) is 0 Å². The van der Waals surface area contributed by atoms with E-state index in [2.05, 4.69) is 23.2 Å². The molecule has 1 amide bonds. The highest BCUT2D eigenvalue weighted by Gasteiger charge is 2.33. The van der Waals surface area contributed by atoms with Gasteiger partial charge in [0, 0.05) is 11.7 Å². The normalized spacial score (nSPS) is 16.2. The molecule has 1 unspecified atom stereocenters. The molecular weight excluding hydrogens is 300 g/mol. The second kappa shape index (κ2) is 5.60. The van der Waals surface area contributed by atoms with Gasteiger partial charge in [-0.3, -0.25) is 4.79 Å². The molecule has 0 bridgehead atoms. The molecule has 3 aromatic rings. The molecule has 2 heterocycles. The fourth-order valence-corrected chi connectivity index (χ4v) is 3.24. The number of aromatic nitrogens is 3. The van der Waals surface area contributed by atoms with Crippen LogP contribution in [0, 0.1) is 6.92 Å². The Labute approximate surface area is 140 Å². The second-order valence-corrected chi connectivity index (χ2v) is 6.12. The number of benzene rings is 2. The third kappa shape index (κ3) is 2.29. The zero-order valence-corrected chi connectivity index (χ0v) is 13.7. The number of nitrogens with zero attached hydrogens (tertiary/aromatic N) is 4. The summed E-state index contributed by atoms with van der Waals surface area (Å²) in [6, 6.07) is 17.8. The van der Waals surface area contributed by atoms with E-state index in [9.17, 15) is 4.79 Å². The topological polar surface area (TPSA) is 51.0 Å². The van der Waals surface area contributed by atoms with Crippen molar-refractivity contribution in [2.75, 3.05) is 4.90 Å². The number of anilines is 1. The predicted molar refractivity (Wildman–Crippen MR) is 92.5 cm³/mol. The maximum absolute atomic E-state index is 13.1. The highest BCUT2D eigenvalue weighted by atomic mass is 16.2. The van der Waals surface area contributed by atoms with Gasteiger partial charge in [-0.15, -0.1) is 5.10 Å². The molecular formula is C19H18N4O. The summed E-state index contributed by atoms with van der Waals surface area (Å²) in [4.78, 5) is 16.5. The Hall–Kier alpha value is -2.95. The molecule has 0 aliphatic carbocycles. The lowest BCUT2D eigenvalue weighted by molar-refractivity contribution is 0.0975. The van der Waals surface area contributed by atoms with Crippen LogP contribution in [-0.4, -0.2) is 26.9 Å². The number of rotatable bonds is 2. The SMILES string of the molecule is Cc1nn(-c2ccccc2)nc1C(=O)N1c2ccccc2CC1C. The van der Waals surface area contributed by atoms with E-state index in [0.717, 1.165) is 17.8 Å². The lowest BCUT2D eigenvalue weighted by Gasteiger charge is -2.21. The third-order valence-corrected chi connectivity index (χ3v) is 4.40. The summed E-state index contributed by atoms with van der Waals surface area (Å²) in [7, 11) is 0. The fourth-order valence-electron chi connectivity index (χ4n) is 3.24. The van der Waals surface area contributed by atoms with Gasteiger partial charge < -0.3 is 4.90 Å². The number of hydrogen-bond acceptors (Lipinski definition) is 3. The summed E-state index contributed by atoms with van der Waals surface area (Å²) < 4.78 is 0. The van der Waals surface area contributed by atoms with Crippen molar-refractivity contribution in [2.45, 2.75) is 26.3 Å². The summed E-state index contributed by atoms with van der Waals surface area (Å²) in [5, 5.41) is 8.86. The van der Waals surface area contributed by atoms with Gasteiger partial charge in [0.25, 0.3) is 5.91 Å². The molecule has 1 atom stereocenters. The lowest BCUT2D eigenvalue weighted by atomic mass is 10.1. The Morgan fingerprint density at radius 3 is 2.54 bits per heavy atom. The molecule has 5 heteroatoms. The van der Waals surface area contributed by atoms with Gasteiger partial charge in [0.15, 0.2) is 5.69 Å². The van der Waals surface area contributed by atoms with Crippen LogP contribution < -0.4 is 4.90 Å². The van der Waals surface area contributed by atoms with E-state index in [-0.39, 0.29) is 11.9 Å². The molecule has 1 aromatic heterocycles. The highest BCUT2D eigenvalue weighted by Crippen LogP contribution is 2.33. The van der Waals surface area contributed by atoms with E-state index >= 15 is 0 Å². The van der Waals surface area contributed by atoms with E-state index in [1.807, 2.05) is 60.4 Å². The summed E-state index contributed by atoms with van der Waals surface area (Å²) in [6.07, 6.45) is 0.869. The summed E-state index contributed by atoms with van der Waals surface area (Å²) in [6.45, 7) is 3.89. The number of fused-ring (bicyclic) bond motifs is 1. The molecule has 5 nitrogen and oxygen atoms in total. The van der Waals surface area contributed by atoms with Gasteiger partial charge in [0.05, 0.1) is 11.4 Å². The van der Waals surface area contributed by atoms with Crippen molar-refractivity contribution in [3.05, 3.63) is 71.5 Å². The number of hydrogen-bond donors (Lipinski definition) is 0. The molecule has 0 radical (unpaired) electrons. The Bertz CT molecular complexity index is 901. The molecule has 120 valence electrons. The largest absolute Gasteiger partial charge is 0.304 e. The van der Waals surface area contributed by atoms with E-state index in [1.165, 1.54) is 10.4 Å². The first-order valence-electron chi connectivity index (χ1n) is 8.06. The first-order chi connectivity index (χ1) is 11.6. The maximum atomic E-state index is 13.1. The minimum atomic E-state index is -0.0906. The smallest absolute Gasteiger partial charge is 0.281 e. The molecule has 4 rings (SSSR count). The molecule has 2 aromatic carbocycles.